The van der Waals surface area contributed by atoms with Gasteiger partial charge in [-0.15, -0.1) is 0 Å². The quantitative estimate of drug-likeness (QED) is 0.362. The maximum atomic E-state index is 12.8. The van der Waals surface area contributed by atoms with Crippen molar-refractivity contribution in [2.24, 2.45) is 0 Å². The minimum absolute atomic E-state index is 0.127. The molecule has 0 unspecified atom stereocenters. The molecule has 0 radical (unpaired) electrons. The standard InChI is InChI=1S/C22H17Cl3N4O2/c1-12-21(13(2)29(27-12)11-14-4-3-5-15(23)8-14)26-22(30)19-10-20(31-28-19)17-7-6-16(24)9-18(17)25/h3-10H,11H2,1-2H3,(H,26,30). The van der Waals surface area contributed by atoms with Crippen LogP contribution in [0.5, 0.6) is 0 Å². The molecule has 4 rings (SSSR count). The number of hydrogen-bond acceptors (Lipinski definition) is 4. The first kappa shape index (κ1) is 21.4. The Hall–Kier alpha value is -2.80. The fourth-order valence-electron chi connectivity index (χ4n) is 3.22. The lowest BCUT2D eigenvalue weighted by Crippen LogP contribution is -2.13. The average Bonchev–Trinajstić information content (AvgIpc) is 3.29. The summed E-state index contributed by atoms with van der Waals surface area (Å²) >= 11 is 18.2. The molecule has 9 heteroatoms. The van der Waals surface area contributed by atoms with Gasteiger partial charge in [-0.1, -0.05) is 52.1 Å². The van der Waals surface area contributed by atoms with Gasteiger partial charge in [-0.05, 0) is 49.7 Å². The zero-order valence-electron chi connectivity index (χ0n) is 16.6. The summed E-state index contributed by atoms with van der Waals surface area (Å²) in [6.07, 6.45) is 0. The van der Waals surface area contributed by atoms with E-state index in [2.05, 4.69) is 15.6 Å². The predicted octanol–water partition coefficient (Wildman–Crippen LogP) is 6.42. The van der Waals surface area contributed by atoms with Crippen molar-refractivity contribution in [2.75, 3.05) is 5.32 Å². The van der Waals surface area contributed by atoms with Crippen LogP contribution in [-0.2, 0) is 6.54 Å². The molecule has 4 aromatic rings. The number of nitrogens with one attached hydrogen (secondary N) is 1. The molecule has 0 aliphatic heterocycles. The Morgan fingerprint density at radius 3 is 2.58 bits per heavy atom. The van der Waals surface area contributed by atoms with E-state index in [9.17, 15) is 4.79 Å². The lowest BCUT2D eigenvalue weighted by atomic mass is 10.1. The number of hydrogen-bond donors (Lipinski definition) is 1. The van der Waals surface area contributed by atoms with Crippen molar-refractivity contribution in [1.82, 2.24) is 14.9 Å². The Morgan fingerprint density at radius 2 is 1.84 bits per heavy atom. The monoisotopic (exact) mass is 474 g/mol. The van der Waals surface area contributed by atoms with Gasteiger partial charge in [0.15, 0.2) is 11.5 Å². The first-order valence-electron chi connectivity index (χ1n) is 9.34. The molecule has 1 N–H and O–H groups in total. The Kier molecular flexibility index (Phi) is 6.05. The molecule has 1 amide bonds. The minimum atomic E-state index is -0.409. The lowest BCUT2D eigenvalue weighted by molar-refractivity contribution is 0.101. The van der Waals surface area contributed by atoms with E-state index in [1.54, 1.807) is 18.2 Å². The second kappa shape index (κ2) is 8.75. The van der Waals surface area contributed by atoms with E-state index in [1.807, 2.05) is 42.8 Å². The zero-order chi connectivity index (χ0) is 22.1. The molecular formula is C22H17Cl3N4O2. The summed E-state index contributed by atoms with van der Waals surface area (Å²) in [6, 6.07) is 14.1. The number of amides is 1. The molecule has 0 aliphatic carbocycles. The van der Waals surface area contributed by atoms with Gasteiger partial charge < -0.3 is 9.84 Å². The molecule has 0 saturated heterocycles. The van der Waals surface area contributed by atoms with Crippen molar-refractivity contribution in [3.8, 4) is 11.3 Å². The van der Waals surface area contributed by atoms with Crippen LogP contribution >= 0.6 is 34.8 Å². The minimum Gasteiger partial charge on any atom is -0.355 e. The maximum Gasteiger partial charge on any atom is 0.277 e. The number of carbonyl (C=O) groups excluding carboxylic acids is 1. The van der Waals surface area contributed by atoms with E-state index in [4.69, 9.17) is 39.3 Å². The van der Waals surface area contributed by atoms with Crippen molar-refractivity contribution in [3.05, 3.63) is 86.2 Å². The molecule has 2 aromatic carbocycles. The first-order chi connectivity index (χ1) is 14.8. The lowest BCUT2D eigenvalue weighted by Gasteiger charge is -2.07. The van der Waals surface area contributed by atoms with Crippen LogP contribution in [0, 0.1) is 13.8 Å². The molecular weight excluding hydrogens is 459 g/mol. The van der Waals surface area contributed by atoms with Gasteiger partial charge in [-0.2, -0.15) is 5.10 Å². The highest BCUT2D eigenvalue weighted by Gasteiger charge is 2.19. The van der Waals surface area contributed by atoms with E-state index >= 15 is 0 Å². The molecule has 2 heterocycles. The van der Waals surface area contributed by atoms with Crippen LogP contribution < -0.4 is 5.32 Å². The van der Waals surface area contributed by atoms with Gasteiger partial charge in [0.05, 0.1) is 28.6 Å². The Balaban J connectivity index is 1.54. The number of nitrogens with zero attached hydrogens (tertiary/aromatic N) is 3. The van der Waals surface area contributed by atoms with Crippen molar-refractivity contribution in [3.63, 3.8) is 0 Å². The fourth-order valence-corrected chi connectivity index (χ4v) is 3.93. The van der Waals surface area contributed by atoms with Crippen LogP contribution in [0.2, 0.25) is 15.1 Å². The van der Waals surface area contributed by atoms with Crippen LogP contribution in [0.3, 0.4) is 0 Å². The third-order valence-electron chi connectivity index (χ3n) is 4.78. The summed E-state index contributed by atoms with van der Waals surface area (Å²) in [5, 5.41) is 12.9. The molecule has 0 atom stereocenters. The summed E-state index contributed by atoms with van der Waals surface area (Å²) < 4.78 is 7.13. The van der Waals surface area contributed by atoms with Gasteiger partial charge in [0.1, 0.15) is 0 Å². The van der Waals surface area contributed by atoms with Crippen LogP contribution in [0.25, 0.3) is 11.3 Å². The molecule has 0 spiro atoms. The third kappa shape index (κ3) is 4.61. The highest BCUT2D eigenvalue weighted by atomic mass is 35.5. The van der Waals surface area contributed by atoms with E-state index in [0.29, 0.717) is 44.3 Å². The normalized spacial score (nSPS) is 11.0. The van der Waals surface area contributed by atoms with Gasteiger partial charge in [-0.3, -0.25) is 9.48 Å². The topological polar surface area (TPSA) is 73.0 Å². The van der Waals surface area contributed by atoms with Gasteiger partial charge in [0.2, 0.25) is 0 Å². The summed E-state index contributed by atoms with van der Waals surface area (Å²) in [5.74, 6) is -0.0366. The summed E-state index contributed by atoms with van der Waals surface area (Å²) in [4.78, 5) is 12.8. The largest absolute Gasteiger partial charge is 0.355 e. The molecule has 2 aromatic heterocycles. The number of benzene rings is 2. The molecule has 0 bridgehead atoms. The van der Waals surface area contributed by atoms with Crippen molar-refractivity contribution >= 4 is 46.4 Å². The summed E-state index contributed by atoms with van der Waals surface area (Å²) in [6.45, 7) is 4.26. The zero-order valence-corrected chi connectivity index (χ0v) is 18.9. The third-order valence-corrected chi connectivity index (χ3v) is 5.56. The van der Waals surface area contributed by atoms with Crippen LogP contribution in [0.15, 0.2) is 53.1 Å². The molecule has 0 fully saturated rings. The molecule has 0 aliphatic rings. The smallest absolute Gasteiger partial charge is 0.277 e. The van der Waals surface area contributed by atoms with E-state index in [0.717, 1.165) is 11.3 Å². The van der Waals surface area contributed by atoms with Gasteiger partial charge >= 0.3 is 0 Å². The number of rotatable bonds is 5. The van der Waals surface area contributed by atoms with Gasteiger partial charge in [-0.25, -0.2) is 0 Å². The summed E-state index contributed by atoms with van der Waals surface area (Å²) in [5.41, 5.74) is 3.87. The summed E-state index contributed by atoms with van der Waals surface area (Å²) in [7, 11) is 0. The van der Waals surface area contributed by atoms with E-state index < -0.39 is 5.91 Å². The highest BCUT2D eigenvalue weighted by Crippen LogP contribution is 2.31. The molecule has 31 heavy (non-hydrogen) atoms. The first-order valence-corrected chi connectivity index (χ1v) is 10.5. The number of halogens is 3. The maximum absolute atomic E-state index is 12.8. The Morgan fingerprint density at radius 1 is 1.06 bits per heavy atom. The number of anilines is 1. The SMILES string of the molecule is Cc1nn(Cc2cccc(Cl)c2)c(C)c1NC(=O)c1cc(-c2ccc(Cl)cc2Cl)on1. The fraction of sp³-hybridized carbons (Fsp3) is 0.136. The van der Waals surface area contributed by atoms with E-state index in [-0.39, 0.29) is 5.69 Å². The Bertz CT molecular complexity index is 1280. The van der Waals surface area contributed by atoms with Crippen LogP contribution in [-0.4, -0.2) is 20.8 Å². The van der Waals surface area contributed by atoms with Gasteiger partial charge in [0, 0.05) is 21.7 Å². The molecule has 158 valence electrons. The van der Waals surface area contributed by atoms with Gasteiger partial charge in [0.25, 0.3) is 5.91 Å². The number of aryl methyl sites for hydroxylation is 1. The molecule has 0 saturated carbocycles. The predicted molar refractivity (Wildman–Crippen MR) is 122 cm³/mol. The Labute approximate surface area is 193 Å². The van der Waals surface area contributed by atoms with Crippen molar-refractivity contribution < 1.29 is 9.32 Å². The number of carbonyl (C=O) groups is 1. The second-order valence-corrected chi connectivity index (χ2v) is 8.27. The van der Waals surface area contributed by atoms with Crippen LogP contribution in [0.4, 0.5) is 5.69 Å². The van der Waals surface area contributed by atoms with Crippen molar-refractivity contribution in [2.45, 2.75) is 20.4 Å². The number of aromatic nitrogens is 3. The highest BCUT2D eigenvalue weighted by molar-refractivity contribution is 6.36. The second-order valence-electron chi connectivity index (χ2n) is 6.99. The van der Waals surface area contributed by atoms with Crippen LogP contribution in [0.1, 0.15) is 27.4 Å². The molecule has 6 nitrogen and oxygen atoms in total. The average molecular weight is 476 g/mol. The van der Waals surface area contributed by atoms with E-state index in [1.165, 1.54) is 6.07 Å². The van der Waals surface area contributed by atoms with Crippen molar-refractivity contribution in [1.29, 1.82) is 0 Å².